The van der Waals surface area contributed by atoms with Gasteiger partial charge in [-0.1, -0.05) is 171 Å². The molecule has 0 aromatic heterocycles. The number of anilines is 9. The van der Waals surface area contributed by atoms with Crippen LogP contribution in [0, 0.1) is 13.8 Å². The van der Waals surface area contributed by atoms with Gasteiger partial charge in [-0.15, -0.1) is 0 Å². The number of rotatable bonds is 5. The van der Waals surface area contributed by atoms with E-state index in [0.29, 0.717) is 0 Å². The first kappa shape index (κ1) is 49.9. The van der Waals surface area contributed by atoms with Crippen molar-refractivity contribution in [3.05, 3.63) is 177 Å². The maximum atomic E-state index is 2.76. The number of nitrogens with zero attached hydrogens (tertiary/aromatic N) is 3. The van der Waals surface area contributed by atoms with Gasteiger partial charge in [0.25, 0.3) is 6.71 Å². The van der Waals surface area contributed by atoms with Crippen LogP contribution in [0.4, 0.5) is 51.2 Å². The van der Waals surface area contributed by atoms with Crippen LogP contribution in [0.25, 0.3) is 0 Å². The van der Waals surface area contributed by atoms with Gasteiger partial charge >= 0.3 is 0 Å². The van der Waals surface area contributed by atoms with Crippen molar-refractivity contribution in [2.75, 3.05) is 14.7 Å². The van der Waals surface area contributed by atoms with Crippen LogP contribution in [-0.2, 0) is 37.9 Å². The molecular formula is C71H82BN3. The van der Waals surface area contributed by atoms with Crippen molar-refractivity contribution < 1.29 is 0 Å². The summed E-state index contributed by atoms with van der Waals surface area (Å²) in [5.41, 5.74) is 28.6. The maximum Gasteiger partial charge on any atom is 0.252 e. The maximum absolute atomic E-state index is 2.76. The smallest absolute Gasteiger partial charge is 0.252 e. The van der Waals surface area contributed by atoms with Crippen molar-refractivity contribution in [3.63, 3.8) is 0 Å². The molecule has 0 spiro atoms. The quantitative estimate of drug-likeness (QED) is 0.159. The molecule has 0 unspecified atom stereocenters. The van der Waals surface area contributed by atoms with Gasteiger partial charge in [-0.25, -0.2) is 0 Å². The topological polar surface area (TPSA) is 9.72 Å². The summed E-state index contributed by atoms with van der Waals surface area (Å²) >= 11 is 0. The fourth-order valence-electron chi connectivity index (χ4n) is 15.4. The van der Waals surface area contributed by atoms with Gasteiger partial charge in [0.1, 0.15) is 0 Å². The molecule has 0 fully saturated rings. The Hall–Kier alpha value is -6.00. The SMILES string of the molecule is Cc1cc2c(cc1N1c3ccc(C(C)(C)C)cc3B3c4cc5c(cc4N(c4ccc6c(c4C)C(C)(C)CCC6(C)C)c4cc(N(c6ccccc6)c6ccccc6)cc1c43)C(C)(C)CC5(C)C)C(C)(C)CCC2(C)C. The Morgan fingerprint density at radius 2 is 0.880 bits per heavy atom. The van der Waals surface area contributed by atoms with Crippen LogP contribution in [0.15, 0.2) is 127 Å². The summed E-state index contributed by atoms with van der Waals surface area (Å²) in [7, 11) is 0. The van der Waals surface area contributed by atoms with Gasteiger partial charge in [-0.2, -0.15) is 0 Å². The molecular weight excluding hydrogens is 906 g/mol. The number of hydrogen-bond acceptors (Lipinski definition) is 3. The molecule has 0 saturated heterocycles. The monoisotopic (exact) mass is 988 g/mol. The average Bonchev–Trinajstić information content (AvgIpc) is 3.53. The van der Waals surface area contributed by atoms with Crippen LogP contribution >= 0.6 is 0 Å². The minimum atomic E-state index is -0.0512. The third-order valence-electron chi connectivity index (χ3n) is 19.6. The Balaban J connectivity index is 1.27. The summed E-state index contributed by atoms with van der Waals surface area (Å²) in [5, 5.41) is 0. The van der Waals surface area contributed by atoms with E-state index in [1.807, 2.05) is 0 Å². The van der Waals surface area contributed by atoms with Gasteiger partial charge in [0, 0.05) is 45.5 Å². The van der Waals surface area contributed by atoms with Gasteiger partial charge in [-0.05, 0) is 211 Å². The van der Waals surface area contributed by atoms with Gasteiger partial charge in [0.15, 0.2) is 0 Å². The van der Waals surface area contributed by atoms with E-state index >= 15 is 0 Å². The lowest BCUT2D eigenvalue weighted by atomic mass is 9.33. The molecule has 0 saturated carbocycles. The summed E-state index contributed by atoms with van der Waals surface area (Å²) in [4.78, 5) is 7.98. The zero-order chi connectivity index (χ0) is 53.3. The number of benzene rings is 7. The molecule has 2 heterocycles. The lowest BCUT2D eigenvalue weighted by molar-refractivity contribution is 0.330. The van der Waals surface area contributed by atoms with E-state index in [4.69, 9.17) is 0 Å². The molecule has 0 radical (unpaired) electrons. The van der Waals surface area contributed by atoms with Crippen LogP contribution in [0.3, 0.4) is 0 Å². The predicted octanol–water partition coefficient (Wildman–Crippen LogP) is 17.8. The lowest BCUT2D eigenvalue weighted by Crippen LogP contribution is -2.62. The Bertz CT molecular complexity index is 3450. The van der Waals surface area contributed by atoms with E-state index < -0.39 is 0 Å². The van der Waals surface area contributed by atoms with Crippen molar-refractivity contribution >= 4 is 74.3 Å². The first-order valence-corrected chi connectivity index (χ1v) is 28.4. The standard InChI is InChI=1S/C71H82BN3/c1-44-36-51-53(68(10,11)33-32-67(51,8)9)41-59(44)75-58-30-28-46(65(3,4)5)37-55(58)72-56-40-52-54(71(16,17)43-70(52,14)15)42-60(56)74(57-31-29-50-63(45(57)2)69(12,13)35-34-66(50,6)7)61-38-49(39-62(75)64(61)72)73(47-24-20-18-21-25-47)48-26-22-19-23-27-48/h18-31,36-42H,32-35,43H2,1-17H3. The molecule has 7 aromatic rings. The first-order valence-electron chi connectivity index (χ1n) is 28.4. The molecule has 7 aromatic carbocycles. The van der Waals surface area contributed by atoms with E-state index in [1.165, 1.54) is 113 Å². The molecule has 4 heteroatoms. The largest absolute Gasteiger partial charge is 0.311 e. The second kappa shape index (κ2) is 16.3. The van der Waals surface area contributed by atoms with Crippen molar-refractivity contribution in [1.29, 1.82) is 0 Å². The first-order chi connectivity index (χ1) is 35.1. The number of para-hydroxylation sites is 2. The van der Waals surface area contributed by atoms with Crippen molar-refractivity contribution in [2.45, 2.75) is 188 Å². The summed E-state index contributed by atoms with van der Waals surface area (Å²) < 4.78 is 0. The van der Waals surface area contributed by atoms with Gasteiger partial charge in [0.2, 0.25) is 0 Å². The molecule has 3 nitrogen and oxygen atoms in total. The summed E-state index contributed by atoms with van der Waals surface area (Å²) in [6.45, 7) is 41.8. The van der Waals surface area contributed by atoms with Gasteiger partial charge in [-0.3, -0.25) is 0 Å². The minimum absolute atomic E-state index is 0.00808. The molecule has 0 atom stereocenters. The molecule has 0 bridgehead atoms. The molecule has 5 aliphatic rings. The van der Waals surface area contributed by atoms with E-state index in [9.17, 15) is 0 Å². The molecule has 12 rings (SSSR count). The summed E-state index contributed by atoms with van der Waals surface area (Å²) in [6, 6.07) is 50.4. The predicted molar refractivity (Wildman–Crippen MR) is 325 cm³/mol. The van der Waals surface area contributed by atoms with Crippen LogP contribution in [0.1, 0.15) is 186 Å². The Kier molecular flexibility index (Phi) is 10.8. The number of fused-ring (bicyclic) bond motifs is 7. The van der Waals surface area contributed by atoms with Gasteiger partial charge < -0.3 is 14.7 Å². The fourth-order valence-corrected chi connectivity index (χ4v) is 15.4. The average molecular weight is 988 g/mol. The second-order valence-corrected chi connectivity index (χ2v) is 28.8. The van der Waals surface area contributed by atoms with Crippen LogP contribution < -0.4 is 31.1 Å². The Morgan fingerprint density at radius 3 is 1.45 bits per heavy atom. The zero-order valence-electron chi connectivity index (χ0n) is 48.6. The highest BCUT2D eigenvalue weighted by Crippen LogP contribution is 2.57. The highest BCUT2D eigenvalue weighted by molar-refractivity contribution is 7.00. The summed E-state index contributed by atoms with van der Waals surface area (Å²) in [5.74, 6) is 0. The highest BCUT2D eigenvalue weighted by Gasteiger charge is 2.50. The summed E-state index contributed by atoms with van der Waals surface area (Å²) in [6.07, 6.45) is 5.80. The molecule has 3 aliphatic carbocycles. The van der Waals surface area contributed by atoms with Crippen molar-refractivity contribution in [1.82, 2.24) is 0 Å². The minimum Gasteiger partial charge on any atom is -0.311 e. The number of hydrogen-bond donors (Lipinski definition) is 0. The highest BCUT2D eigenvalue weighted by atomic mass is 15.2. The third-order valence-corrected chi connectivity index (χ3v) is 19.6. The Morgan fingerprint density at radius 1 is 0.413 bits per heavy atom. The van der Waals surface area contributed by atoms with Crippen LogP contribution in [0.5, 0.6) is 0 Å². The number of aryl methyl sites for hydroxylation is 1. The van der Waals surface area contributed by atoms with E-state index in [1.54, 1.807) is 0 Å². The third kappa shape index (κ3) is 7.56. The molecule has 0 N–H and O–H groups in total. The fraction of sp³-hybridized carbons (Fsp3) is 0.408. The van der Waals surface area contributed by atoms with Crippen LogP contribution in [-0.4, -0.2) is 6.71 Å². The van der Waals surface area contributed by atoms with Crippen molar-refractivity contribution in [2.24, 2.45) is 0 Å². The van der Waals surface area contributed by atoms with E-state index in [-0.39, 0.29) is 44.6 Å². The Labute approximate surface area is 451 Å². The van der Waals surface area contributed by atoms with E-state index in [0.717, 1.165) is 36.3 Å². The van der Waals surface area contributed by atoms with Crippen molar-refractivity contribution in [3.8, 4) is 0 Å². The van der Waals surface area contributed by atoms with E-state index in [2.05, 4.69) is 260 Å². The molecule has 384 valence electrons. The normalized spacial score (nSPS) is 19.6. The van der Waals surface area contributed by atoms with Crippen LogP contribution in [0.2, 0.25) is 0 Å². The second-order valence-electron chi connectivity index (χ2n) is 28.8. The molecule has 75 heavy (non-hydrogen) atoms. The zero-order valence-corrected chi connectivity index (χ0v) is 48.6. The van der Waals surface area contributed by atoms with Gasteiger partial charge in [0.05, 0.1) is 5.69 Å². The molecule has 0 amide bonds. The molecule has 2 aliphatic heterocycles. The lowest BCUT2D eigenvalue weighted by Gasteiger charge is -2.48.